The van der Waals surface area contributed by atoms with Crippen molar-refractivity contribution in [1.82, 2.24) is 5.32 Å². The molecule has 0 bridgehead atoms. The Bertz CT molecular complexity index is 560. The van der Waals surface area contributed by atoms with Crippen molar-refractivity contribution in [3.8, 4) is 6.07 Å². The first-order valence-electron chi connectivity index (χ1n) is 7.51. The number of carbonyl (C=O) groups excluding carboxylic acids is 1. The molecule has 20 heavy (non-hydrogen) atoms. The number of aryl methyl sites for hydroxylation is 1. The summed E-state index contributed by atoms with van der Waals surface area (Å²) in [5.74, 6) is 1.22. The Morgan fingerprint density at radius 3 is 3.05 bits per heavy atom. The average Bonchev–Trinajstić information content (AvgIpc) is 3.21. The molecule has 3 rings (SSSR count). The maximum atomic E-state index is 12.4. The van der Waals surface area contributed by atoms with Gasteiger partial charge in [-0.25, -0.2) is 0 Å². The van der Waals surface area contributed by atoms with Gasteiger partial charge < -0.3 is 5.32 Å². The van der Waals surface area contributed by atoms with Crippen molar-refractivity contribution in [2.24, 2.45) is 11.8 Å². The van der Waals surface area contributed by atoms with Crippen molar-refractivity contribution in [3.63, 3.8) is 0 Å². The van der Waals surface area contributed by atoms with Crippen LogP contribution in [0.25, 0.3) is 0 Å². The van der Waals surface area contributed by atoms with E-state index >= 15 is 0 Å². The minimum absolute atomic E-state index is 0.00500. The SMILES string of the molecule is CCC(CC#N)NC(=O)C1C2CCc3ccccc3C21. The molecular weight excluding hydrogens is 248 g/mol. The second-order valence-corrected chi connectivity index (χ2v) is 5.93. The van der Waals surface area contributed by atoms with Crippen molar-refractivity contribution >= 4 is 5.91 Å². The number of fused-ring (bicyclic) bond motifs is 3. The van der Waals surface area contributed by atoms with Gasteiger partial charge in [-0.2, -0.15) is 5.26 Å². The number of benzene rings is 1. The van der Waals surface area contributed by atoms with Crippen molar-refractivity contribution in [2.45, 2.75) is 44.6 Å². The van der Waals surface area contributed by atoms with Crippen LogP contribution in [0.3, 0.4) is 0 Å². The molecule has 0 aromatic heterocycles. The summed E-state index contributed by atoms with van der Waals surface area (Å²) in [6.07, 6.45) is 3.43. The summed E-state index contributed by atoms with van der Waals surface area (Å²) in [5.41, 5.74) is 2.78. The van der Waals surface area contributed by atoms with Gasteiger partial charge in [0.05, 0.1) is 12.5 Å². The highest BCUT2D eigenvalue weighted by Crippen LogP contribution is 2.59. The first-order valence-corrected chi connectivity index (χ1v) is 7.51. The normalized spacial score (nSPS) is 27.7. The Morgan fingerprint density at radius 2 is 2.30 bits per heavy atom. The van der Waals surface area contributed by atoms with Crippen LogP contribution in [0, 0.1) is 23.2 Å². The number of nitriles is 1. The van der Waals surface area contributed by atoms with Gasteiger partial charge in [-0.3, -0.25) is 4.79 Å². The lowest BCUT2D eigenvalue weighted by molar-refractivity contribution is -0.123. The van der Waals surface area contributed by atoms with Crippen LogP contribution in [0.15, 0.2) is 24.3 Å². The van der Waals surface area contributed by atoms with Gasteiger partial charge in [0.15, 0.2) is 0 Å². The molecular formula is C17H20N2O. The lowest BCUT2D eigenvalue weighted by Gasteiger charge is -2.14. The molecule has 1 amide bonds. The third-order valence-corrected chi connectivity index (χ3v) is 4.81. The molecule has 4 atom stereocenters. The molecule has 0 radical (unpaired) electrons. The lowest BCUT2D eigenvalue weighted by atomic mass is 9.92. The number of nitrogens with one attached hydrogen (secondary N) is 1. The van der Waals surface area contributed by atoms with Crippen LogP contribution in [0.1, 0.15) is 43.2 Å². The number of rotatable bonds is 4. The van der Waals surface area contributed by atoms with Gasteiger partial charge in [-0.05, 0) is 42.2 Å². The fraction of sp³-hybridized carbons (Fsp3) is 0.529. The van der Waals surface area contributed by atoms with E-state index in [9.17, 15) is 4.79 Å². The molecule has 3 nitrogen and oxygen atoms in total. The highest BCUT2D eigenvalue weighted by Gasteiger charge is 2.57. The summed E-state index contributed by atoms with van der Waals surface area (Å²) in [4.78, 5) is 12.4. The van der Waals surface area contributed by atoms with E-state index in [4.69, 9.17) is 5.26 Å². The largest absolute Gasteiger partial charge is 0.352 e. The number of hydrogen-bond acceptors (Lipinski definition) is 2. The van der Waals surface area contributed by atoms with Gasteiger partial charge in [0.2, 0.25) is 5.91 Å². The molecule has 1 aromatic carbocycles. The Hall–Kier alpha value is -1.82. The zero-order chi connectivity index (χ0) is 14.1. The van der Waals surface area contributed by atoms with E-state index < -0.39 is 0 Å². The zero-order valence-electron chi connectivity index (χ0n) is 11.8. The summed E-state index contributed by atoms with van der Waals surface area (Å²) in [6.45, 7) is 2.01. The zero-order valence-corrected chi connectivity index (χ0v) is 11.8. The van der Waals surface area contributed by atoms with Crippen LogP contribution < -0.4 is 5.32 Å². The monoisotopic (exact) mass is 268 g/mol. The van der Waals surface area contributed by atoms with Crippen molar-refractivity contribution in [1.29, 1.82) is 5.26 Å². The van der Waals surface area contributed by atoms with E-state index in [0.29, 0.717) is 18.3 Å². The van der Waals surface area contributed by atoms with Crippen LogP contribution in [0.2, 0.25) is 0 Å². The van der Waals surface area contributed by atoms with E-state index in [1.165, 1.54) is 11.1 Å². The fourth-order valence-electron chi connectivity index (χ4n) is 3.63. The Balaban J connectivity index is 1.70. The molecule has 1 N–H and O–H groups in total. The van der Waals surface area contributed by atoms with Crippen LogP contribution in [0.4, 0.5) is 0 Å². The lowest BCUT2D eigenvalue weighted by Crippen LogP contribution is -2.35. The van der Waals surface area contributed by atoms with Crippen molar-refractivity contribution in [3.05, 3.63) is 35.4 Å². The molecule has 0 saturated heterocycles. The Morgan fingerprint density at radius 1 is 1.50 bits per heavy atom. The quantitative estimate of drug-likeness (QED) is 0.913. The van der Waals surface area contributed by atoms with E-state index in [1.54, 1.807) is 0 Å². The van der Waals surface area contributed by atoms with Crippen LogP contribution >= 0.6 is 0 Å². The topological polar surface area (TPSA) is 52.9 Å². The van der Waals surface area contributed by atoms with Crippen LogP contribution in [-0.2, 0) is 11.2 Å². The summed E-state index contributed by atoms with van der Waals surface area (Å²) in [5, 5.41) is 11.8. The highest BCUT2D eigenvalue weighted by atomic mass is 16.2. The van der Waals surface area contributed by atoms with Crippen molar-refractivity contribution < 1.29 is 4.79 Å². The third-order valence-electron chi connectivity index (χ3n) is 4.81. The van der Waals surface area contributed by atoms with Gasteiger partial charge in [0, 0.05) is 12.0 Å². The van der Waals surface area contributed by atoms with Crippen LogP contribution in [-0.4, -0.2) is 11.9 Å². The molecule has 1 saturated carbocycles. The average molecular weight is 268 g/mol. The van der Waals surface area contributed by atoms with Gasteiger partial charge in [0.1, 0.15) is 0 Å². The minimum Gasteiger partial charge on any atom is -0.352 e. The van der Waals surface area contributed by atoms with E-state index in [-0.39, 0.29) is 17.9 Å². The Labute approximate surface area is 120 Å². The number of nitrogens with zero attached hydrogens (tertiary/aromatic N) is 1. The molecule has 2 aliphatic rings. The van der Waals surface area contributed by atoms with E-state index in [0.717, 1.165) is 19.3 Å². The second kappa shape index (κ2) is 5.28. The first-order chi connectivity index (χ1) is 9.76. The molecule has 4 unspecified atom stereocenters. The molecule has 0 spiro atoms. The standard InChI is InChI=1S/C17H20N2O/c1-2-12(9-10-18)19-17(20)16-14-8-7-11-5-3-4-6-13(11)15(14)16/h3-6,12,14-16H,2,7-9H2,1H3,(H,19,20). The van der Waals surface area contributed by atoms with E-state index in [1.807, 2.05) is 6.92 Å². The van der Waals surface area contributed by atoms with E-state index in [2.05, 4.69) is 35.7 Å². The van der Waals surface area contributed by atoms with Gasteiger partial charge in [-0.15, -0.1) is 0 Å². The molecule has 1 fully saturated rings. The molecule has 0 aliphatic heterocycles. The molecule has 1 aromatic rings. The maximum Gasteiger partial charge on any atom is 0.224 e. The summed E-state index contributed by atoms with van der Waals surface area (Å²) in [7, 11) is 0. The van der Waals surface area contributed by atoms with Crippen LogP contribution in [0.5, 0.6) is 0 Å². The highest BCUT2D eigenvalue weighted by molar-refractivity contribution is 5.84. The molecule has 0 heterocycles. The summed E-state index contributed by atoms with van der Waals surface area (Å²) >= 11 is 0. The smallest absolute Gasteiger partial charge is 0.224 e. The Kier molecular flexibility index (Phi) is 3.48. The summed E-state index contributed by atoms with van der Waals surface area (Å²) in [6, 6.07) is 10.7. The predicted octanol–water partition coefficient (Wildman–Crippen LogP) is 2.77. The number of carbonyl (C=O) groups is 1. The van der Waals surface area contributed by atoms with Gasteiger partial charge >= 0.3 is 0 Å². The number of hydrogen-bond donors (Lipinski definition) is 1. The number of amides is 1. The molecule has 104 valence electrons. The fourth-order valence-corrected chi connectivity index (χ4v) is 3.63. The second-order valence-electron chi connectivity index (χ2n) is 5.93. The first kappa shape index (κ1) is 13.2. The molecule has 2 aliphatic carbocycles. The van der Waals surface area contributed by atoms with Gasteiger partial charge in [-0.1, -0.05) is 31.2 Å². The van der Waals surface area contributed by atoms with Crippen molar-refractivity contribution in [2.75, 3.05) is 0 Å². The van der Waals surface area contributed by atoms with Gasteiger partial charge in [0.25, 0.3) is 0 Å². The molecule has 3 heteroatoms. The minimum atomic E-state index is 0.00500. The maximum absolute atomic E-state index is 12.4. The summed E-state index contributed by atoms with van der Waals surface area (Å²) < 4.78 is 0. The predicted molar refractivity (Wildman–Crippen MR) is 76.9 cm³/mol. The third kappa shape index (κ3) is 2.20.